The molecule has 0 bridgehead atoms. The first-order chi connectivity index (χ1) is 11.7. The van der Waals surface area contributed by atoms with Gasteiger partial charge in [-0.3, -0.25) is 9.38 Å². The van der Waals surface area contributed by atoms with E-state index < -0.39 is 6.17 Å². The lowest BCUT2D eigenvalue weighted by molar-refractivity contribution is 0.342. The van der Waals surface area contributed by atoms with E-state index in [9.17, 15) is 4.39 Å². The van der Waals surface area contributed by atoms with Crippen molar-refractivity contribution < 1.29 is 9.13 Å². The number of rotatable bonds is 4. The van der Waals surface area contributed by atoms with Crippen molar-refractivity contribution in [2.45, 2.75) is 12.2 Å². The number of pyridine rings is 1. The van der Waals surface area contributed by atoms with Gasteiger partial charge in [0, 0.05) is 25.4 Å². The van der Waals surface area contributed by atoms with E-state index in [2.05, 4.69) is 25.6 Å². The van der Waals surface area contributed by atoms with Gasteiger partial charge in [-0.2, -0.15) is 0 Å². The molecule has 1 aliphatic rings. The number of fused-ring (bicyclic) bond motifs is 1. The van der Waals surface area contributed by atoms with Crippen LogP contribution in [0.4, 0.5) is 10.2 Å². The van der Waals surface area contributed by atoms with Crippen LogP contribution in [0.25, 0.3) is 17.0 Å². The molecule has 3 aromatic heterocycles. The van der Waals surface area contributed by atoms with Gasteiger partial charge in [-0.15, -0.1) is 0 Å². The molecule has 24 heavy (non-hydrogen) atoms. The maximum atomic E-state index is 13.7. The lowest BCUT2D eigenvalue weighted by Crippen LogP contribution is -2.29. The highest BCUT2D eigenvalue weighted by molar-refractivity contribution is 5.61. The highest BCUT2D eigenvalue weighted by Gasteiger charge is 2.26. The molecular formula is C16H17FN6O. The van der Waals surface area contributed by atoms with Gasteiger partial charge in [-0.25, -0.2) is 14.4 Å². The third kappa shape index (κ3) is 2.65. The average Bonchev–Trinajstić information content (AvgIpc) is 3.21. The van der Waals surface area contributed by atoms with E-state index in [0.29, 0.717) is 24.6 Å². The molecule has 0 aromatic carbocycles. The van der Waals surface area contributed by atoms with Gasteiger partial charge in [-0.1, -0.05) is 0 Å². The van der Waals surface area contributed by atoms with Crippen LogP contribution in [-0.4, -0.2) is 51.8 Å². The van der Waals surface area contributed by atoms with Crippen LogP contribution >= 0.6 is 0 Å². The Morgan fingerprint density at radius 1 is 1.33 bits per heavy atom. The first kappa shape index (κ1) is 14.8. The maximum Gasteiger partial charge on any atom is 0.145 e. The van der Waals surface area contributed by atoms with Gasteiger partial charge in [0.15, 0.2) is 0 Å². The van der Waals surface area contributed by atoms with Crippen molar-refractivity contribution in [3.63, 3.8) is 0 Å². The second kappa shape index (κ2) is 6.04. The lowest BCUT2D eigenvalue weighted by atomic mass is 10.2. The molecule has 4 heterocycles. The Morgan fingerprint density at radius 3 is 3.04 bits per heavy atom. The van der Waals surface area contributed by atoms with E-state index in [1.165, 1.54) is 0 Å². The van der Waals surface area contributed by atoms with Crippen LogP contribution in [0.3, 0.4) is 0 Å². The molecule has 0 aliphatic carbocycles. The number of ether oxygens (including phenoxy) is 1. The van der Waals surface area contributed by atoms with Crippen molar-refractivity contribution in [2.24, 2.45) is 0 Å². The molecule has 0 unspecified atom stereocenters. The largest absolute Gasteiger partial charge is 0.497 e. The zero-order chi connectivity index (χ0) is 16.5. The fourth-order valence-corrected chi connectivity index (χ4v) is 2.82. The predicted molar refractivity (Wildman–Crippen MR) is 87.9 cm³/mol. The van der Waals surface area contributed by atoms with E-state index >= 15 is 0 Å². The molecule has 8 heteroatoms. The van der Waals surface area contributed by atoms with Crippen LogP contribution in [-0.2, 0) is 0 Å². The van der Waals surface area contributed by atoms with Crippen LogP contribution in [0.1, 0.15) is 0 Å². The molecule has 0 saturated carbocycles. The summed E-state index contributed by atoms with van der Waals surface area (Å²) in [6.45, 7) is 0.933. The normalized spacial score (nSPS) is 20.4. The van der Waals surface area contributed by atoms with Gasteiger partial charge in [-0.05, 0) is 6.07 Å². The molecule has 0 amide bonds. The molecule has 1 saturated heterocycles. The Hall–Kier alpha value is -2.74. The van der Waals surface area contributed by atoms with Gasteiger partial charge < -0.3 is 15.4 Å². The molecular weight excluding hydrogens is 311 g/mol. The fourth-order valence-electron chi connectivity index (χ4n) is 2.82. The molecule has 0 radical (unpaired) electrons. The second-order valence-electron chi connectivity index (χ2n) is 5.65. The first-order valence-electron chi connectivity index (χ1n) is 7.69. The Labute approximate surface area is 137 Å². The summed E-state index contributed by atoms with van der Waals surface area (Å²) in [6.07, 6.45) is 5.94. The summed E-state index contributed by atoms with van der Waals surface area (Å²) in [5.74, 6) is 1.29. The number of hydrogen-bond acceptors (Lipinski definition) is 6. The fraction of sp³-hybridized carbons (Fsp3) is 0.312. The molecule has 124 valence electrons. The minimum Gasteiger partial charge on any atom is -0.497 e. The van der Waals surface area contributed by atoms with Crippen LogP contribution in [0.15, 0.2) is 36.9 Å². The Bertz CT molecular complexity index is 867. The summed E-state index contributed by atoms with van der Waals surface area (Å²) in [4.78, 5) is 13.1. The number of alkyl halides is 1. The number of hydrogen-bond donors (Lipinski definition) is 2. The number of nitrogens with one attached hydrogen (secondary N) is 2. The summed E-state index contributed by atoms with van der Waals surface area (Å²) in [5.41, 5.74) is 2.23. The lowest BCUT2D eigenvalue weighted by Gasteiger charge is -2.14. The monoisotopic (exact) mass is 328 g/mol. The third-order valence-electron chi connectivity index (χ3n) is 4.09. The minimum atomic E-state index is -0.932. The smallest absolute Gasteiger partial charge is 0.145 e. The van der Waals surface area contributed by atoms with Crippen molar-refractivity contribution in [3.05, 3.63) is 36.9 Å². The average molecular weight is 328 g/mol. The van der Waals surface area contributed by atoms with Crippen molar-refractivity contribution >= 4 is 11.5 Å². The zero-order valence-corrected chi connectivity index (χ0v) is 13.1. The van der Waals surface area contributed by atoms with E-state index in [1.807, 2.05) is 22.7 Å². The Morgan fingerprint density at radius 2 is 2.25 bits per heavy atom. The number of halogens is 1. The van der Waals surface area contributed by atoms with Crippen LogP contribution in [0.5, 0.6) is 5.75 Å². The second-order valence-corrected chi connectivity index (χ2v) is 5.65. The molecule has 3 aromatic rings. The highest BCUT2D eigenvalue weighted by atomic mass is 19.1. The molecule has 1 fully saturated rings. The molecule has 4 rings (SSSR count). The van der Waals surface area contributed by atoms with Gasteiger partial charge in [0.1, 0.15) is 29.1 Å². The van der Waals surface area contributed by atoms with E-state index in [4.69, 9.17) is 4.74 Å². The molecule has 2 N–H and O–H groups in total. The van der Waals surface area contributed by atoms with Crippen molar-refractivity contribution in [2.75, 3.05) is 25.5 Å². The molecule has 2 atom stereocenters. The molecule has 7 nitrogen and oxygen atoms in total. The minimum absolute atomic E-state index is 0.291. The summed E-state index contributed by atoms with van der Waals surface area (Å²) in [5, 5.41) is 6.11. The highest BCUT2D eigenvalue weighted by Crippen LogP contribution is 2.22. The standard InChI is InChI=1S/C16H17FN6O/c1-24-10-2-3-23-14(8-20-16(23)4-10)13-7-19-9-15(22-13)21-12-6-18-5-11(12)17/h2-4,7-9,11-12,18H,5-6H2,1H3,(H,21,22)/t11-,12-/m0/s1. The SMILES string of the molecule is COc1ccn2c(-c3cncc(N[C@H]4CNC[C@@H]4F)n3)cnc2c1. The molecule has 1 aliphatic heterocycles. The quantitative estimate of drug-likeness (QED) is 0.756. The van der Waals surface area contributed by atoms with Gasteiger partial charge in [0.25, 0.3) is 0 Å². The van der Waals surface area contributed by atoms with Crippen molar-refractivity contribution in [1.82, 2.24) is 24.7 Å². The summed E-state index contributed by atoms with van der Waals surface area (Å²) < 4.78 is 20.8. The van der Waals surface area contributed by atoms with E-state index in [-0.39, 0.29) is 6.04 Å². The summed E-state index contributed by atoms with van der Waals surface area (Å²) in [6, 6.07) is 3.41. The number of anilines is 1. The van der Waals surface area contributed by atoms with Crippen LogP contribution in [0, 0.1) is 0 Å². The van der Waals surface area contributed by atoms with Gasteiger partial charge in [0.2, 0.25) is 0 Å². The Kier molecular flexibility index (Phi) is 3.73. The number of nitrogens with zero attached hydrogens (tertiary/aromatic N) is 4. The number of aromatic nitrogens is 4. The summed E-state index contributed by atoms with van der Waals surface area (Å²) in [7, 11) is 1.62. The van der Waals surface area contributed by atoms with E-state index in [1.54, 1.807) is 25.7 Å². The number of imidazole rings is 1. The van der Waals surface area contributed by atoms with E-state index in [0.717, 1.165) is 17.1 Å². The van der Waals surface area contributed by atoms with Gasteiger partial charge >= 0.3 is 0 Å². The summed E-state index contributed by atoms with van der Waals surface area (Å²) >= 11 is 0. The Balaban J connectivity index is 1.66. The van der Waals surface area contributed by atoms with Crippen LogP contribution < -0.4 is 15.4 Å². The predicted octanol–water partition coefficient (Wildman–Crippen LogP) is 1.52. The molecule has 0 spiro atoms. The number of methoxy groups -OCH3 is 1. The first-order valence-corrected chi connectivity index (χ1v) is 7.69. The van der Waals surface area contributed by atoms with Crippen LogP contribution in [0.2, 0.25) is 0 Å². The van der Waals surface area contributed by atoms with Gasteiger partial charge in [0.05, 0.1) is 37.4 Å². The third-order valence-corrected chi connectivity index (χ3v) is 4.09. The van der Waals surface area contributed by atoms with Crippen molar-refractivity contribution in [1.29, 1.82) is 0 Å². The topological polar surface area (TPSA) is 76.4 Å². The maximum absolute atomic E-state index is 13.7. The van der Waals surface area contributed by atoms with Crippen molar-refractivity contribution in [3.8, 4) is 17.1 Å². The zero-order valence-electron chi connectivity index (χ0n) is 13.1.